The lowest BCUT2D eigenvalue weighted by molar-refractivity contribution is -0.117. The van der Waals surface area contributed by atoms with Crippen LogP contribution in [0.1, 0.15) is 39.6 Å². The van der Waals surface area contributed by atoms with Gasteiger partial charge in [-0.3, -0.25) is 9.10 Å². The highest BCUT2D eigenvalue weighted by Crippen LogP contribution is 2.24. The zero-order valence-electron chi connectivity index (χ0n) is 18.5. The van der Waals surface area contributed by atoms with Crippen molar-refractivity contribution in [2.45, 2.75) is 26.3 Å². The molecule has 1 N–H and O–H groups in total. The fourth-order valence-electron chi connectivity index (χ4n) is 3.15. The maximum absolute atomic E-state index is 13.1. The molecule has 1 amide bonds. The molecule has 0 saturated carbocycles. The number of nitrogens with one attached hydrogen (secondary N) is 1. The van der Waals surface area contributed by atoms with Crippen LogP contribution in [0.25, 0.3) is 0 Å². The lowest BCUT2D eigenvalue weighted by Gasteiger charge is -2.30. The largest absolute Gasteiger partial charge is 0.465 e. The van der Waals surface area contributed by atoms with E-state index in [2.05, 4.69) is 5.32 Å². The molecule has 0 aliphatic carbocycles. The molecule has 0 spiro atoms. The molecule has 0 unspecified atom stereocenters. The number of sulfonamides is 1. The van der Waals surface area contributed by atoms with Crippen LogP contribution in [0.5, 0.6) is 0 Å². The van der Waals surface area contributed by atoms with Crippen LogP contribution >= 0.6 is 0 Å². The van der Waals surface area contributed by atoms with Gasteiger partial charge in [0.2, 0.25) is 15.9 Å². The molecule has 0 aromatic heterocycles. The highest BCUT2D eigenvalue weighted by molar-refractivity contribution is 7.92. The van der Waals surface area contributed by atoms with Crippen LogP contribution in [0, 0.1) is 6.92 Å². The number of nitrogens with zero attached hydrogens (tertiary/aromatic N) is 1. The van der Waals surface area contributed by atoms with Gasteiger partial charge in [0.25, 0.3) is 0 Å². The van der Waals surface area contributed by atoms with Gasteiger partial charge in [-0.2, -0.15) is 0 Å². The zero-order valence-corrected chi connectivity index (χ0v) is 19.4. The molecule has 9 nitrogen and oxygen atoms in total. The number of hydrogen-bond acceptors (Lipinski definition) is 7. The minimum absolute atomic E-state index is 0.0252. The first-order valence-electron chi connectivity index (χ1n) is 9.70. The zero-order chi connectivity index (χ0) is 24.1. The third kappa shape index (κ3) is 5.85. The average molecular weight is 463 g/mol. The van der Waals surface area contributed by atoms with Gasteiger partial charge in [-0.15, -0.1) is 0 Å². The Labute approximate surface area is 187 Å². The number of rotatable bonds is 8. The number of ether oxygens (including phenoxy) is 2. The average Bonchev–Trinajstić information content (AvgIpc) is 2.75. The Morgan fingerprint density at radius 1 is 0.969 bits per heavy atom. The summed E-state index contributed by atoms with van der Waals surface area (Å²) in [7, 11) is -1.44. The molecule has 0 saturated heterocycles. The van der Waals surface area contributed by atoms with E-state index in [1.807, 2.05) is 6.92 Å². The van der Waals surface area contributed by atoms with Crippen molar-refractivity contribution in [2.75, 3.05) is 30.1 Å². The minimum atomic E-state index is -3.81. The Morgan fingerprint density at radius 3 is 1.88 bits per heavy atom. The van der Waals surface area contributed by atoms with Crippen molar-refractivity contribution in [3.63, 3.8) is 0 Å². The number of carbonyl (C=O) groups is 3. The van der Waals surface area contributed by atoms with Crippen molar-refractivity contribution in [1.82, 2.24) is 0 Å². The second kappa shape index (κ2) is 10.3. The van der Waals surface area contributed by atoms with Crippen LogP contribution in [0.4, 0.5) is 11.4 Å². The number of methoxy groups -OCH3 is 2. The van der Waals surface area contributed by atoms with Gasteiger partial charge in [-0.1, -0.05) is 24.6 Å². The van der Waals surface area contributed by atoms with Crippen molar-refractivity contribution in [2.24, 2.45) is 0 Å². The second-order valence-corrected chi connectivity index (χ2v) is 8.95. The highest BCUT2D eigenvalue weighted by atomic mass is 32.2. The van der Waals surface area contributed by atoms with Gasteiger partial charge >= 0.3 is 11.9 Å². The molecular weight excluding hydrogens is 436 g/mol. The molecule has 1 atom stereocenters. The fraction of sp³-hybridized carbons (Fsp3) is 0.318. The van der Waals surface area contributed by atoms with E-state index < -0.39 is 33.9 Å². The first kappa shape index (κ1) is 24.9. The Hall–Kier alpha value is -3.40. The summed E-state index contributed by atoms with van der Waals surface area (Å²) in [4.78, 5) is 37.1. The molecule has 0 aliphatic rings. The lowest BCUT2D eigenvalue weighted by atomic mass is 10.1. The van der Waals surface area contributed by atoms with E-state index >= 15 is 0 Å². The SMILES string of the molecule is CC[C@H](C(=O)Nc1cc(C(=O)OC)cc(C(=O)OC)c1)N(c1ccc(C)cc1)S(C)(=O)=O. The summed E-state index contributed by atoms with van der Waals surface area (Å²) in [6.45, 7) is 3.55. The molecule has 10 heteroatoms. The van der Waals surface area contributed by atoms with E-state index in [0.717, 1.165) is 16.1 Å². The van der Waals surface area contributed by atoms with Gasteiger partial charge in [-0.05, 0) is 43.7 Å². The summed E-state index contributed by atoms with van der Waals surface area (Å²) in [5.74, 6) is -2.05. The normalized spacial score (nSPS) is 11.9. The lowest BCUT2D eigenvalue weighted by Crippen LogP contribution is -2.47. The topological polar surface area (TPSA) is 119 Å². The van der Waals surface area contributed by atoms with E-state index in [9.17, 15) is 22.8 Å². The van der Waals surface area contributed by atoms with Gasteiger partial charge in [0.1, 0.15) is 6.04 Å². The number of esters is 2. The smallest absolute Gasteiger partial charge is 0.337 e. The second-order valence-electron chi connectivity index (χ2n) is 7.09. The van der Waals surface area contributed by atoms with Gasteiger partial charge in [0, 0.05) is 5.69 Å². The Morgan fingerprint density at radius 2 is 1.47 bits per heavy atom. The van der Waals surface area contributed by atoms with E-state index in [1.165, 1.54) is 32.4 Å². The fourth-order valence-corrected chi connectivity index (χ4v) is 4.36. The molecule has 32 heavy (non-hydrogen) atoms. The predicted molar refractivity (Wildman–Crippen MR) is 120 cm³/mol. The highest BCUT2D eigenvalue weighted by Gasteiger charge is 2.31. The molecule has 2 aromatic rings. The number of carbonyl (C=O) groups excluding carboxylic acids is 3. The number of benzene rings is 2. The van der Waals surface area contributed by atoms with E-state index in [-0.39, 0.29) is 23.2 Å². The predicted octanol–water partition coefficient (Wildman–Crippen LogP) is 2.75. The number of anilines is 2. The summed E-state index contributed by atoms with van der Waals surface area (Å²) in [5, 5.41) is 2.60. The summed E-state index contributed by atoms with van der Waals surface area (Å²) < 4.78 is 35.6. The molecule has 172 valence electrons. The summed E-state index contributed by atoms with van der Waals surface area (Å²) in [6, 6.07) is 9.62. The van der Waals surface area contributed by atoms with Crippen LogP contribution in [0.2, 0.25) is 0 Å². The number of hydrogen-bond donors (Lipinski definition) is 1. The molecule has 0 radical (unpaired) electrons. The summed E-state index contributed by atoms with van der Waals surface area (Å²) >= 11 is 0. The molecule has 2 rings (SSSR count). The number of amides is 1. The molecule has 2 aromatic carbocycles. The molecule has 0 bridgehead atoms. The van der Waals surface area contributed by atoms with Crippen LogP contribution in [0.3, 0.4) is 0 Å². The van der Waals surface area contributed by atoms with Crippen molar-refractivity contribution in [3.8, 4) is 0 Å². The van der Waals surface area contributed by atoms with Crippen molar-refractivity contribution < 1.29 is 32.3 Å². The van der Waals surface area contributed by atoms with Gasteiger partial charge in [0.05, 0.1) is 37.3 Å². The molecule has 0 fully saturated rings. The number of aryl methyl sites for hydroxylation is 1. The molecular formula is C22H26N2O7S. The van der Waals surface area contributed by atoms with Crippen LogP contribution < -0.4 is 9.62 Å². The third-order valence-corrected chi connectivity index (χ3v) is 5.84. The standard InChI is InChI=1S/C22H26N2O7S/c1-6-19(24(32(5,28)29)18-9-7-14(2)8-10-18)20(25)23-17-12-15(21(26)30-3)11-16(13-17)22(27)31-4/h7-13,19H,6H2,1-5H3,(H,23,25)/t19-/m1/s1. The maximum atomic E-state index is 13.1. The van der Waals surface area contributed by atoms with Gasteiger partial charge in [0.15, 0.2) is 0 Å². The van der Waals surface area contributed by atoms with Gasteiger partial charge in [-0.25, -0.2) is 18.0 Å². The van der Waals surface area contributed by atoms with E-state index in [4.69, 9.17) is 9.47 Å². The Kier molecular flexibility index (Phi) is 7.98. The monoisotopic (exact) mass is 462 g/mol. The minimum Gasteiger partial charge on any atom is -0.465 e. The quantitative estimate of drug-likeness (QED) is 0.599. The third-order valence-electron chi connectivity index (χ3n) is 4.66. The van der Waals surface area contributed by atoms with Crippen LogP contribution in [-0.2, 0) is 24.3 Å². The Bertz CT molecular complexity index is 1080. The van der Waals surface area contributed by atoms with Crippen LogP contribution in [-0.4, -0.2) is 52.8 Å². The van der Waals surface area contributed by atoms with Crippen LogP contribution in [0.15, 0.2) is 42.5 Å². The van der Waals surface area contributed by atoms with Crippen molar-refractivity contribution in [1.29, 1.82) is 0 Å². The van der Waals surface area contributed by atoms with Gasteiger partial charge < -0.3 is 14.8 Å². The first-order chi connectivity index (χ1) is 15.0. The van der Waals surface area contributed by atoms with Crippen molar-refractivity contribution >= 4 is 39.2 Å². The molecule has 0 heterocycles. The van der Waals surface area contributed by atoms with E-state index in [0.29, 0.717) is 5.69 Å². The first-order valence-corrected chi connectivity index (χ1v) is 11.5. The van der Waals surface area contributed by atoms with E-state index in [1.54, 1.807) is 31.2 Å². The maximum Gasteiger partial charge on any atom is 0.337 e. The Balaban J connectivity index is 2.46. The summed E-state index contributed by atoms with van der Waals surface area (Å²) in [5.41, 5.74) is 1.46. The molecule has 0 aliphatic heterocycles. The summed E-state index contributed by atoms with van der Waals surface area (Å²) in [6.07, 6.45) is 1.20. The van der Waals surface area contributed by atoms with Crippen molar-refractivity contribution in [3.05, 3.63) is 59.2 Å².